The van der Waals surface area contributed by atoms with Gasteiger partial charge in [0.15, 0.2) is 0 Å². The van der Waals surface area contributed by atoms with Crippen molar-refractivity contribution in [2.75, 3.05) is 11.6 Å². The fourth-order valence-corrected chi connectivity index (χ4v) is 3.21. The van der Waals surface area contributed by atoms with E-state index in [-0.39, 0.29) is 12.4 Å². The van der Waals surface area contributed by atoms with Gasteiger partial charge in [-0.25, -0.2) is 14.6 Å². The summed E-state index contributed by atoms with van der Waals surface area (Å²) < 4.78 is 33.4. The van der Waals surface area contributed by atoms with E-state index in [0.717, 1.165) is 0 Å². The average molecular weight is 475 g/mol. The molecule has 1 aromatic rings. The number of hydrazine groups is 1. The predicted octanol–water partition coefficient (Wildman–Crippen LogP) is 5.56. The fraction of sp³-hybridized carbons (Fsp3) is 0.308. The molecule has 0 saturated heterocycles. The van der Waals surface area contributed by atoms with E-state index in [1.807, 2.05) is 29.2 Å². The van der Waals surface area contributed by atoms with Crippen LogP contribution in [0.2, 0.25) is 0 Å². The molecule has 0 aliphatic carbocycles. The number of halogens is 2. The minimum Gasteiger partial charge on any atom is -0.490 e. The van der Waals surface area contributed by atoms with E-state index in [2.05, 4.69) is 5.92 Å². The highest BCUT2D eigenvalue weighted by Gasteiger charge is 2.40. The first kappa shape index (κ1) is 28.3. The Morgan fingerprint density at radius 2 is 1.94 bits per heavy atom. The third-order valence-corrected chi connectivity index (χ3v) is 5.59. The highest BCUT2D eigenvalue weighted by molar-refractivity contribution is 7.17. The summed E-state index contributed by atoms with van der Waals surface area (Å²) >= 11 is 0. The summed E-state index contributed by atoms with van der Waals surface area (Å²) in [6, 6.07) is 5.58. The first-order chi connectivity index (χ1) is 15.6. The number of anilines is 1. The average Bonchev–Trinajstić information content (AvgIpc) is 2.79. The molecule has 0 aliphatic rings. The number of nitrogens with zero attached hydrogens (tertiary/aromatic N) is 1. The highest BCUT2D eigenvalue weighted by Crippen LogP contribution is 2.31. The van der Waals surface area contributed by atoms with Crippen molar-refractivity contribution in [1.29, 1.82) is 0 Å². The van der Waals surface area contributed by atoms with E-state index >= 15 is 0 Å². The maximum absolute atomic E-state index is 14.5. The molecule has 0 aromatic heterocycles. The van der Waals surface area contributed by atoms with Gasteiger partial charge in [-0.2, -0.15) is 0 Å². The fourth-order valence-electron chi connectivity index (χ4n) is 2.81. The van der Waals surface area contributed by atoms with E-state index in [4.69, 9.17) is 17.0 Å². The molecule has 4 unspecified atom stereocenters. The summed E-state index contributed by atoms with van der Waals surface area (Å²) in [4.78, 5) is 0. The van der Waals surface area contributed by atoms with Crippen molar-refractivity contribution < 1.29 is 18.6 Å². The molecule has 0 amide bonds. The van der Waals surface area contributed by atoms with E-state index in [0.29, 0.717) is 22.7 Å². The maximum atomic E-state index is 14.5. The van der Waals surface area contributed by atoms with Gasteiger partial charge < -0.3 is 9.84 Å². The van der Waals surface area contributed by atoms with Crippen LogP contribution in [0.3, 0.4) is 0 Å². The van der Waals surface area contributed by atoms with E-state index < -0.39 is 17.4 Å². The van der Waals surface area contributed by atoms with Crippen molar-refractivity contribution in [2.45, 2.75) is 39.2 Å². The molecule has 1 aromatic carbocycles. The Morgan fingerprint density at radius 1 is 1.30 bits per heavy atom. The van der Waals surface area contributed by atoms with Gasteiger partial charge in [-0.05, 0) is 62.8 Å². The third kappa shape index (κ3) is 8.29. The van der Waals surface area contributed by atoms with Crippen LogP contribution in [0, 0.1) is 24.1 Å². The van der Waals surface area contributed by atoms with Gasteiger partial charge in [0.2, 0.25) is 0 Å². The molecule has 0 fully saturated rings. The van der Waals surface area contributed by atoms with Gasteiger partial charge in [0.05, 0.1) is 5.69 Å². The lowest BCUT2D eigenvalue weighted by Gasteiger charge is -2.34. The third-order valence-electron chi connectivity index (χ3n) is 5.01. The molecule has 0 spiro atoms. The lowest BCUT2D eigenvalue weighted by atomic mass is 9.89. The molecule has 0 aliphatic heterocycles. The second-order valence-corrected chi connectivity index (χ2v) is 8.03. The zero-order chi connectivity index (χ0) is 25.0. The van der Waals surface area contributed by atoms with Gasteiger partial charge in [-0.15, -0.1) is 6.42 Å². The summed E-state index contributed by atoms with van der Waals surface area (Å²) in [5.41, 5.74) is -0.347. The predicted molar refractivity (Wildman–Crippen MR) is 136 cm³/mol. The lowest BCUT2D eigenvalue weighted by Crippen LogP contribution is -2.46. The second-order valence-electron chi connectivity index (χ2n) is 7.45. The zero-order valence-corrected chi connectivity index (χ0v) is 20.7. The minimum atomic E-state index is -1.81. The summed E-state index contributed by atoms with van der Waals surface area (Å²) in [5, 5.41) is 12.3. The molecule has 33 heavy (non-hydrogen) atoms. The van der Waals surface area contributed by atoms with Crippen LogP contribution in [0.5, 0.6) is 0 Å². The number of nitrogens with two attached hydrogens (primary N) is 1. The van der Waals surface area contributed by atoms with Crippen LogP contribution in [0.1, 0.15) is 27.7 Å². The minimum absolute atomic E-state index is 0.264. The standard InChI is InChI=1S/C26H33F2N2O2P/c1-6-9-11-23(10-7-2)32-18-26(31,25(28)33)20(5)13-12-19(4)24(8-3)30(29)22-16-14-21(27)15-17-22/h3,6-7,9-17,20,25,31H,18,29,33H2,1-2,4-5H3/b9-6+,10-7-,13-12?,23-11+,24-19+. The summed E-state index contributed by atoms with van der Waals surface area (Å²) in [6.07, 6.45) is 17.8. The molecular formula is C26H33F2N2O2P. The van der Waals surface area contributed by atoms with E-state index in [9.17, 15) is 13.9 Å². The summed E-state index contributed by atoms with van der Waals surface area (Å²) in [6.45, 7) is 6.87. The number of hydrogen-bond acceptors (Lipinski definition) is 4. The van der Waals surface area contributed by atoms with Crippen molar-refractivity contribution in [1.82, 2.24) is 0 Å². The van der Waals surface area contributed by atoms with Gasteiger partial charge in [0.1, 0.15) is 35.4 Å². The number of rotatable bonds is 11. The molecule has 3 N–H and O–H groups in total. The monoisotopic (exact) mass is 474 g/mol. The Morgan fingerprint density at radius 3 is 2.45 bits per heavy atom. The molecular weight excluding hydrogens is 441 g/mol. The first-order valence-corrected chi connectivity index (χ1v) is 11.1. The number of ether oxygens (including phenoxy) is 1. The van der Waals surface area contributed by atoms with Crippen molar-refractivity contribution in [3.8, 4) is 12.3 Å². The van der Waals surface area contributed by atoms with E-state index in [1.54, 1.807) is 50.3 Å². The molecule has 7 heteroatoms. The zero-order valence-electron chi connectivity index (χ0n) is 19.5. The first-order valence-electron chi connectivity index (χ1n) is 10.5. The molecule has 0 radical (unpaired) electrons. The summed E-state index contributed by atoms with van der Waals surface area (Å²) in [7, 11) is 1.99. The summed E-state index contributed by atoms with van der Waals surface area (Å²) in [5.74, 6) is 6.47. The van der Waals surface area contributed by atoms with Crippen LogP contribution in [-0.2, 0) is 4.74 Å². The molecule has 178 valence electrons. The number of aliphatic hydroxyl groups is 1. The number of terminal acetylenes is 1. The van der Waals surface area contributed by atoms with Crippen LogP contribution in [0.15, 0.2) is 83.8 Å². The van der Waals surface area contributed by atoms with Gasteiger partial charge >= 0.3 is 0 Å². The Balaban J connectivity index is 3.12. The number of benzene rings is 1. The van der Waals surface area contributed by atoms with Crippen molar-refractivity contribution in [2.24, 2.45) is 11.8 Å². The van der Waals surface area contributed by atoms with Crippen LogP contribution in [0.4, 0.5) is 14.5 Å². The van der Waals surface area contributed by atoms with Gasteiger partial charge in [-0.1, -0.05) is 52.5 Å². The van der Waals surface area contributed by atoms with Gasteiger partial charge in [0, 0.05) is 5.92 Å². The van der Waals surface area contributed by atoms with Crippen LogP contribution in [-0.4, -0.2) is 23.2 Å². The SMILES string of the molecule is C#C/C(=C(/C)C=CC(C)C(O)(COC(/C=C\C)=C/C=C/C)C(F)P)N(N)c1ccc(F)cc1. The Hall–Kier alpha value is -2.71. The van der Waals surface area contributed by atoms with Crippen molar-refractivity contribution in [3.05, 3.63) is 89.6 Å². The molecule has 0 bridgehead atoms. The number of allylic oxidation sites excluding steroid dienone is 8. The lowest BCUT2D eigenvalue weighted by molar-refractivity contribution is -0.0772. The van der Waals surface area contributed by atoms with Gasteiger partial charge in [-0.3, -0.25) is 5.01 Å². The van der Waals surface area contributed by atoms with E-state index in [1.165, 1.54) is 29.3 Å². The smallest absolute Gasteiger partial charge is 0.145 e. The largest absolute Gasteiger partial charge is 0.490 e. The normalized spacial score (nSPS) is 17.0. The molecule has 0 heterocycles. The molecule has 1 rings (SSSR count). The van der Waals surface area contributed by atoms with Crippen molar-refractivity contribution in [3.63, 3.8) is 0 Å². The Bertz CT molecular complexity index is 959. The van der Waals surface area contributed by atoms with Gasteiger partial charge in [0.25, 0.3) is 0 Å². The molecule has 4 nitrogen and oxygen atoms in total. The van der Waals surface area contributed by atoms with Crippen LogP contribution >= 0.6 is 9.24 Å². The highest BCUT2D eigenvalue weighted by atomic mass is 31.0. The second kappa shape index (κ2) is 13.7. The molecule has 0 saturated carbocycles. The topological polar surface area (TPSA) is 58.7 Å². The van der Waals surface area contributed by atoms with Crippen molar-refractivity contribution >= 4 is 14.9 Å². The Labute approximate surface area is 198 Å². The number of alkyl halides is 1. The van der Waals surface area contributed by atoms with Crippen LogP contribution in [0.25, 0.3) is 0 Å². The maximum Gasteiger partial charge on any atom is 0.145 e. The molecule has 4 atom stereocenters. The van der Waals surface area contributed by atoms with Crippen LogP contribution < -0.4 is 10.9 Å². The quantitative estimate of drug-likeness (QED) is 0.110. The Kier molecular flexibility index (Phi) is 11.8. The number of hydrogen-bond donors (Lipinski definition) is 2.